The fraction of sp³-hybridized carbons (Fsp3) is 0.478. The van der Waals surface area contributed by atoms with Crippen molar-refractivity contribution in [3.63, 3.8) is 0 Å². The van der Waals surface area contributed by atoms with Crippen LogP contribution in [0, 0.1) is 0 Å². The SMILES string of the molecule is CCCN(CCC)S(=O)(=O)c1ccc(C(=O)Nc2sc3c(c2C(N)=O)CCN(CC)C3)cc1. The zero-order valence-electron chi connectivity index (χ0n) is 19.4. The standard InChI is InChI=1S/C23H32N4O4S2/c1-4-12-27(13-5-2)33(30,31)17-9-7-16(8-10-17)22(29)25-23-20(21(24)28)18-11-14-26(6-3)15-19(18)32-23/h7-10H,4-6,11-15H2,1-3H3,(H2,24,28)(H,25,29). The van der Waals surface area contributed by atoms with E-state index in [1.807, 2.05) is 13.8 Å². The molecule has 0 bridgehead atoms. The first-order chi connectivity index (χ1) is 15.7. The lowest BCUT2D eigenvalue weighted by Crippen LogP contribution is -2.32. The molecule has 0 fully saturated rings. The van der Waals surface area contributed by atoms with E-state index in [2.05, 4.69) is 17.1 Å². The number of nitrogens with one attached hydrogen (secondary N) is 1. The second-order valence-corrected chi connectivity index (χ2v) is 11.1. The minimum Gasteiger partial charge on any atom is -0.365 e. The molecule has 1 aliphatic rings. The van der Waals surface area contributed by atoms with Gasteiger partial charge in [-0.15, -0.1) is 11.3 Å². The molecule has 3 rings (SSSR count). The molecule has 0 spiro atoms. The van der Waals surface area contributed by atoms with E-state index in [1.165, 1.54) is 39.9 Å². The minimum absolute atomic E-state index is 0.157. The Hall–Kier alpha value is -2.27. The Morgan fingerprint density at radius 2 is 1.76 bits per heavy atom. The number of nitrogens with zero attached hydrogens (tertiary/aromatic N) is 2. The topological polar surface area (TPSA) is 113 Å². The molecular weight excluding hydrogens is 460 g/mol. The van der Waals surface area contributed by atoms with Gasteiger partial charge in [-0.3, -0.25) is 14.5 Å². The predicted molar refractivity (Wildman–Crippen MR) is 131 cm³/mol. The van der Waals surface area contributed by atoms with Crippen LogP contribution in [-0.2, 0) is 23.0 Å². The highest BCUT2D eigenvalue weighted by Crippen LogP contribution is 2.37. The zero-order valence-corrected chi connectivity index (χ0v) is 21.0. The first-order valence-electron chi connectivity index (χ1n) is 11.3. The first kappa shape index (κ1) is 25.4. The molecule has 2 amide bonds. The molecular formula is C23H32N4O4S2. The van der Waals surface area contributed by atoms with Gasteiger partial charge in [0.05, 0.1) is 10.5 Å². The third kappa shape index (κ3) is 5.46. The van der Waals surface area contributed by atoms with Crippen molar-refractivity contribution in [1.29, 1.82) is 0 Å². The van der Waals surface area contributed by atoms with Crippen LogP contribution in [0.25, 0.3) is 0 Å². The van der Waals surface area contributed by atoms with Gasteiger partial charge in [0.15, 0.2) is 0 Å². The van der Waals surface area contributed by atoms with Crippen LogP contribution in [0.4, 0.5) is 5.00 Å². The summed E-state index contributed by atoms with van der Waals surface area (Å²) in [6.07, 6.45) is 2.16. The van der Waals surface area contributed by atoms with E-state index in [9.17, 15) is 18.0 Å². The number of anilines is 1. The van der Waals surface area contributed by atoms with Gasteiger partial charge in [0.2, 0.25) is 10.0 Å². The van der Waals surface area contributed by atoms with E-state index < -0.39 is 21.8 Å². The number of amides is 2. The van der Waals surface area contributed by atoms with Gasteiger partial charge in [0, 0.05) is 36.6 Å². The van der Waals surface area contributed by atoms with Crippen molar-refractivity contribution < 1.29 is 18.0 Å². The Bertz CT molecular complexity index is 1100. The predicted octanol–water partition coefficient (Wildman–Crippen LogP) is 3.29. The van der Waals surface area contributed by atoms with E-state index in [0.29, 0.717) is 35.6 Å². The van der Waals surface area contributed by atoms with Crippen molar-refractivity contribution >= 4 is 38.2 Å². The number of benzene rings is 1. The number of rotatable bonds is 10. The number of fused-ring (bicyclic) bond motifs is 1. The van der Waals surface area contributed by atoms with Gasteiger partial charge in [-0.25, -0.2) is 8.42 Å². The summed E-state index contributed by atoms with van der Waals surface area (Å²) in [6, 6.07) is 5.90. The maximum absolute atomic E-state index is 12.9. The van der Waals surface area contributed by atoms with Gasteiger partial charge < -0.3 is 11.1 Å². The van der Waals surface area contributed by atoms with Gasteiger partial charge in [0.25, 0.3) is 11.8 Å². The summed E-state index contributed by atoms with van der Waals surface area (Å²) in [7, 11) is -3.62. The minimum atomic E-state index is -3.62. The van der Waals surface area contributed by atoms with Crippen LogP contribution < -0.4 is 11.1 Å². The zero-order chi connectivity index (χ0) is 24.2. The summed E-state index contributed by atoms with van der Waals surface area (Å²) in [4.78, 5) is 28.5. The van der Waals surface area contributed by atoms with Crippen molar-refractivity contribution in [3.8, 4) is 0 Å². The third-order valence-electron chi connectivity index (χ3n) is 5.76. The third-order valence-corrected chi connectivity index (χ3v) is 8.80. The number of hydrogen-bond donors (Lipinski definition) is 2. The monoisotopic (exact) mass is 492 g/mol. The normalized spacial score (nSPS) is 14.3. The number of likely N-dealkylation sites (N-methyl/N-ethyl adjacent to an activating group) is 1. The molecule has 0 atom stereocenters. The molecule has 1 aromatic heterocycles. The fourth-order valence-corrected chi connectivity index (χ4v) is 6.94. The average Bonchev–Trinajstić information content (AvgIpc) is 3.16. The van der Waals surface area contributed by atoms with Crippen molar-refractivity contribution in [2.45, 2.75) is 51.5 Å². The number of nitrogens with two attached hydrogens (primary N) is 1. The summed E-state index contributed by atoms with van der Waals surface area (Å²) in [5.41, 5.74) is 7.25. The fourth-order valence-electron chi connectivity index (χ4n) is 4.03. The Morgan fingerprint density at radius 1 is 1.12 bits per heavy atom. The molecule has 33 heavy (non-hydrogen) atoms. The highest BCUT2D eigenvalue weighted by molar-refractivity contribution is 7.89. The molecule has 0 saturated heterocycles. The van der Waals surface area contributed by atoms with Crippen LogP contribution in [0.3, 0.4) is 0 Å². The molecule has 0 saturated carbocycles. The van der Waals surface area contributed by atoms with Crippen LogP contribution in [0.1, 0.15) is 64.8 Å². The van der Waals surface area contributed by atoms with Gasteiger partial charge >= 0.3 is 0 Å². The lowest BCUT2D eigenvalue weighted by Gasteiger charge is -2.25. The van der Waals surface area contributed by atoms with Gasteiger partial charge in [-0.05, 0) is 55.6 Å². The van der Waals surface area contributed by atoms with Crippen molar-refractivity contribution in [3.05, 3.63) is 45.8 Å². The Labute approximate surface area is 199 Å². The first-order valence-corrected chi connectivity index (χ1v) is 13.6. The Morgan fingerprint density at radius 3 is 2.30 bits per heavy atom. The van der Waals surface area contributed by atoms with Crippen LogP contribution in [-0.4, -0.2) is 55.6 Å². The lowest BCUT2D eigenvalue weighted by atomic mass is 10.0. The number of thiophene rings is 1. The smallest absolute Gasteiger partial charge is 0.256 e. The van der Waals surface area contributed by atoms with Crippen molar-refractivity contribution in [2.75, 3.05) is 31.5 Å². The van der Waals surface area contributed by atoms with Gasteiger partial charge in [-0.1, -0.05) is 20.8 Å². The molecule has 3 N–H and O–H groups in total. The summed E-state index contributed by atoms with van der Waals surface area (Å²) < 4.78 is 27.3. The maximum atomic E-state index is 12.9. The summed E-state index contributed by atoms with van der Waals surface area (Å²) in [6.45, 7) is 9.35. The molecule has 2 heterocycles. The van der Waals surface area contributed by atoms with Crippen LogP contribution in [0.5, 0.6) is 0 Å². The molecule has 8 nitrogen and oxygen atoms in total. The number of carbonyl (C=O) groups excluding carboxylic acids is 2. The lowest BCUT2D eigenvalue weighted by molar-refractivity contribution is 0.1000. The van der Waals surface area contributed by atoms with E-state index in [1.54, 1.807) is 0 Å². The molecule has 2 aromatic rings. The largest absolute Gasteiger partial charge is 0.365 e. The molecule has 1 aromatic carbocycles. The molecule has 10 heteroatoms. The highest BCUT2D eigenvalue weighted by Gasteiger charge is 2.28. The summed E-state index contributed by atoms with van der Waals surface area (Å²) >= 11 is 1.38. The Balaban J connectivity index is 1.82. The van der Waals surface area contributed by atoms with Crippen molar-refractivity contribution in [2.24, 2.45) is 5.73 Å². The number of hydrogen-bond acceptors (Lipinski definition) is 6. The molecule has 0 aliphatic carbocycles. The molecule has 180 valence electrons. The van der Waals surface area contributed by atoms with Gasteiger partial charge in [-0.2, -0.15) is 4.31 Å². The van der Waals surface area contributed by atoms with Crippen LogP contribution in [0.2, 0.25) is 0 Å². The van der Waals surface area contributed by atoms with E-state index in [0.717, 1.165) is 42.9 Å². The number of sulfonamides is 1. The number of carbonyl (C=O) groups is 2. The van der Waals surface area contributed by atoms with Crippen LogP contribution in [0.15, 0.2) is 29.2 Å². The van der Waals surface area contributed by atoms with Gasteiger partial charge in [0.1, 0.15) is 5.00 Å². The Kier molecular flexibility index (Phi) is 8.28. The quantitative estimate of drug-likeness (QED) is 0.528. The maximum Gasteiger partial charge on any atom is 0.256 e. The molecule has 0 unspecified atom stereocenters. The molecule has 1 aliphatic heterocycles. The molecule has 0 radical (unpaired) electrons. The van der Waals surface area contributed by atoms with E-state index in [4.69, 9.17) is 5.73 Å². The van der Waals surface area contributed by atoms with Crippen molar-refractivity contribution in [1.82, 2.24) is 9.21 Å². The second kappa shape index (κ2) is 10.8. The average molecular weight is 493 g/mol. The summed E-state index contributed by atoms with van der Waals surface area (Å²) in [5.74, 6) is -0.965. The highest BCUT2D eigenvalue weighted by atomic mass is 32.2. The van der Waals surface area contributed by atoms with E-state index in [-0.39, 0.29) is 4.90 Å². The number of primary amides is 1. The van der Waals surface area contributed by atoms with E-state index >= 15 is 0 Å². The second-order valence-electron chi connectivity index (χ2n) is 8.07. The van der Waals surface area contributed by atoms with Crippen LogP contribution >= 0.6 is 11.3 Å². The summed E-state index contributed by atoms with van der Waals surface area (Å²) in [5, 5.41) is 3.27.